The number of hydrogen-bond acceptors (Lipinski definition) is 4. The Morgan fingerprint density at radius 2 is 2.13 bits per heavy atom. The molecule has 0 radical (unpaired) electrons. The second-order valence-corrected chi connectivity index (χ2v) is 5.71. The van der Waals surface area contributed by atoms with Crippen LogP contribution in [0, 0.1) is 18.6 Å². The molecule has 2 aromatic rings. The Morgan fingerprint density at radius 1 is 1.39 bits per heavy atom. The molecule has 0 bridgehead atoms. The minimum absolute atomic E-state index is 0.0648. The second kappa shape index (κ2) is 7.36. The van der Waals surface area contributed by atoms with Crippen molar-refractivity contribution in [1.82, 2.24) is 9.97 Å². The van der Waals surface area contributed by atoms with Gasteiger partial charge in [-0.25, -0.2) is 13.8 Å². The van der Waals surface area contributed by atoms with Gasteiger partial charge in [0.25, 0.3) is 5.56 Å². The van der Waals surface area contributed by atoms with Gasteiger partial charge in [0.05, 0.1) is 11.4 Å². The van der Waals surface area contributed by atoms with E-state index in [4.69, 9.17) is 0 Å². The number of rotatable bonds is 5. The number of hydrogen-bond donors (Lipinski definition) is 2. The summed E-state index contributed by atoms with van der Waals surface area (Å²) in [5.41, 5.74) is 0.888. The molecule has 0 unspecified atom stereocenters. The molecule has 1 aromatic carbocycles. The molecule has 5 nitrogen and oxygen atoms in total. The Bertz CT molecular complexity index is 793. The van der Waals surface area contributed by atoms with E-state index in [2.05, 4.69) is 15.3 Å². The molecule has 1 aromatic heterocycles. The molecule has 0 aliphatic heterocycles. The van der Waals surface area contributed by atoms with Crippen LogP contribution >= 0.6 is 11.8 Å². The zero-order valence-corrected chi connectivity index (χ0v) is 13.4. The van der Waals surface area contributed by atoms with Crippen LogP contribution in [0.25, 0.3) is 0 Å². The van der Waals surface area contributed by atoms with Crippen molar-refractivity contribution in [2.75, 3.05) is 11.1 Å². The van der Waals surface area contributed by atoms with E-state index in [1.54, 1.807) is 6.92 Å². The number of aromatic nitrogens is 2. The minimum Gasteiger partial charge on any atom is -0.323 e. The number of carbonyl (C=O) groups is 1. The molecule has 8 heteroatoms. The Balaban J connectivity index is 2.01. The maximum atomic E-state index is 13.4. The summed E-state index contributed by atoms with van der Waals surface area (Å²) in [6, 6.07) is 2.89. The first kappa shape index (κ1) is 17.1. The number of H-pyrrole nitrogens is 1. The fourth-order valence-corrected chi connectivity index (χ4v) is 2.69. The molecule has 2 N–H and O–H groups in total. The van der Waals surface area contributed by atoms with E-state index in [0.29, 0.717) is 28.9 Å². The topological polar surface area (TPSA) is 74.8 Å². The molecular weight excluding hydrogens is 324 g/mol. The lowest BCUT2D eigenvalue weighted by Crippen LogP contribution is -2.18. The van der Waals surface area contributed by atoms with E-state index in [9.17, 15) is 18.4 Å². The Morgan fingerprint density at radius 3 is 2.74 bits per heavy atom. The summed E-state index contributed by atoms with van der Waals surface area (Å²) in [5, 5.41) is 2.66. The highest BCUT2D eigenvalue weighted by molar-refractivity contribution is 7.99. The van der Waals surface area contributed by atoms with Gasteiger partial charge in [0.1, 0.15) is 11.6 Å². The molecule has 0 fully saturated rings. The molecular formula is C15H15F2N3O2S. The monoisotopic (exact) mass is 339 g/mol. The van der Waals surface area contributed by atoms with Crippen molar-refractivity contribution < 1.29 is 13.6 Å². The van der Waals surface area contributed by atoms with Crippen molar-refractivity contribution in [3.63, 3.8) is 0 Å². The van der Waals surface area contributed by atoms with Crippen LogP contribution in [0.1, 0.15) is 18.2 Å². The first-order valence-corrected chi connectivity index (χ1v) is 7.86. The quantitative estimate of drug-likeness (QED) is 0.649. The van der Waals surface area contributed by atoms with Crippen LogP contribution in [-0.2, 0) is 11.2 Å². The number of benzene rings is 1. The number of carbonyl (C=O) groups excluding carboxylic acids is 1. The molecule has 0 atom stereocenters. The largest absolute Gasteiger partial charge is 0.323 e. The Kier molecular flexibility index (Phi) is 5.49. The predicted octanol–water partition coefficient (Wildman–Crippen LogP) is 2.65. The third kappa shape index (κ3) is 4.38. The van der Waals surface area contributed by atoms with Gasteiger partial charge in [-0.1, -0.05) is 18.7 Å². The van der Waals surface area contributed by atoms with Crippen LogP contribution in [0.3, 0.4) is 0 Å². The van der Waals surface area contributed by atoms with Gasteiger partial charge in [-0.15, -0.1) is 0 Å². The molecule has 0 aliphatic rings. The van der Waals surface area contributed by atoms with Gasteiger partial charge in [-0.05, 0) is 25.5 Å². The van der Waals surface area contributed by atoms with Gasteiger partial charge in [-0.2, -0.15) is 0 Å². The SMILES string of the molecule is CCc1c(C)nc(SCC(=O)Nc2ccc(F)cc2F)[nH]c1=O. The van der Waals surface area contributed by atoms with Crippen LogP contribution in [0.15, 0.2) is 28.2 Å². The number of thioether (sulfide) groups is 1. The fraction of sp³-hybridized carbons (Fsp3) is 0.267. The molecule has 122 valence electrons. The van der Waals surface area contributed by atoms with Gasteiger partial charge in [0.15, 0.2) is 5.16 Å². The lowest BCUT2D eigenvalue weighted by molar-refractivity contribution is -0.113. The summed E-state index contributed by atoms with van der Waals surface area (Å²) in [4.78, 5) is 30.4. The molecule has 0 aliphatic carbocycles. The zero-order chi connectivity index (χ0) is 17.0. The number of halogens is 2. The van der Waals surface area contributed by atoms with Crippen LogP contribution in [-0.4, -0.2) is 21.6 Å². The van der Waals surface area contributed by atoms with E-state index in [1.807, 2.05) is 6.92 Å². The molecule has 0 spiro atoms. The van der Waals surface area contributed by atoms with E-state index in [0.717, 1.165) is 23.9 Å². The maximum absolute atomic E-state index is 13.4. The second-order valence-electron chi connectivity index (χ2n) is 4.75. The average molecular weight is 339 g/mol. The first-order chi connectivity index (χ1) is 10.9. The van der Waals surface area contributed by atoms with Crippen molar-refractivity contribution in [1.29, 1.82) is 0 Å². The molecule has 2 rings (SSSR count). The number of amides is 1. The third-order valence-corrected chi connectivity index (χ3v) is 3.97. The van der Waals surface area contributed by atoms with Crippen molar-refractivity contribution in [2.45, 2.75) is 25.4 Å². The smallest absolute Gasteiger partial charge is 0.254 e. The van der Waals surface area contributed by atoms with Gasteiger partial charge in [-0.3, -0.25) is 9.59 Å². The van der Waals surface area contributed by atoms with Gasteiger partial charge < -0.3 is 10.3 Å². The van der Waals surface area contributed by atoms with Gasteiger partial charge >= 0.3 is 0 Å². The third-order valence-electron chi connectivity index (χ3n) is 3.10. The summed E-state index contributed by atoms with van der Waals surface area (Å²) < 4.78 is 26.2. The van der Waals surface area contributed by atoms with Gasteiger partial charge in [0.2, 0.25) is 5.91 Å². The van der Waals surface area contributed by atoms with Crippen molar-refractivity contribution in [3.05, 3.63) is 51.4 Å². The van der Waals surface area contributed by atoms with Crippen molar-refractivity contribution >= 4 is 23.4 Å². The van der Waals surface area contributed by atoms with Crippen LogP contribution in [0.4, 0.5) is 14.5 Å². The number of nitrogens with zero attached hydrogens (tertiary/aromatic N) is 1. The van der Waals surface area contributed by atoms with Crippen molar-refractivity contribution in [3.8, 4) is 0 Å². The lowest BCUT2D eigenvalue weighted by atomic mass is 10.2. The molecule has 23 heavy (non-hydrogen) atoms. The highest BCUT2D eigenvalue weighted by Crippen LogP contribution is 2.17. The number of aryl methyl sites for hydroxylation is 1. The summed E-state index contributed by atoms with van der Waals surface area (Å²) in [5.74, 6) is -2.12. The van der Waals surface area contributed by atoms with Crippen LogP contribution < -0.4 is 10.9 Å². The Hall–Kier alpha value is -2.22. The average Bonchev–Trinajstić information content (AvgIpc) is 2.48. The lowest BCUT2D eigenvalue weighted by Gasteiger charge is -2.07. The van der Waals surface area contributed by atoms with E-state index < -0.39 is 17.5 Å². The fourth-order valence-electron chi connectivity index (χ4n) is 1.98. The highest BCUT2D eigenvalue weighted by Gasteiger charge is 2.11. The summed E-state index contributed by atoms with van der Waals surface area (Å²) >= 11 is 1.03. The normalized spacial score (nSPS) is 10.6. The minimum atomic E-state index is -0.849. The summed E-state index contributed by atoms with van der Waals surface area (Å²) in [6.07, 6.45) is 0.573. The van der Waals surface area contributed by atoms with Crippen LogP contribution in [0.2, 0.25) is 0 Å². The summed E-state index contributed by atoms with van der Waals surface area (Å²) in [7, 11) is 0. The standard InChI is InChI=1S/C15H15F2N3O2S/c1-3-10-8(2)18-15(20-14(10)22)23-7-13(21)19-12-5-4-9(16)6-11(12)17/h4-6H,3,7H2,1-2H3,(H,19,21)(H,18,20,22). The van der Waals surface area contributed by atoms with Gasteiger partial charge in [0, 0.05) is 17.3 Å². The number of anilines is 1. The molecule has 1 amide bonds. The molecule has 0 saturated heterocycles. The van der Waals surface area contributed by atoms with E-state index >= 15 is 0 Å². The molecule has 1 heterocycles. The van der Waals surface area contributed by atoms with E-state index in [-0.39, 0.29) is 17.0 Å². The summed E-state index contributed by atoms with van der Waals surface area (Å²) in [6.45, 7) is 3.59. The zero-order valence-electron chi connectivity index (χ0n) is 12.6. The van der Waals surface area contributed by atoms with Crippen molar-refractivity contribution in [2.24, 2.45) is 0 Å². The van der Waals surface area contributed by atoms with E-state index in [1.165, 1.54) is 0 Å². The number of nitrogens with one attached hydrogen (secondary N) is 2. The first-order valence-electron chi connectivity index (χ1n) is 6.88. The highest BCUT2D eigenvalue weighted by atomic mass is 32.2. The predicted molar refractivity (Wildman–Crippen MR) is 84.7 cm³/mol. The number of aromatic amines is 1. The molecule has 0 saturated carbocycles. The van der Waals surface area contributed by atoms with Crippen LogP contribution in [0.5, 0.6) is 0 Å². The Labute approximate surface area is 135 Å². The maximum Gasteiger partial charge on any atom is 0.254 e.